The Hall–Kier alpha value is -2.63. The van der Waals surface area contributed by atoms with Crippen molar-refractivity contribution < 1.29 is 53.3 Å². The minimum atomic E-state index is -4.84. The summed E-state index contributed by atoms with van der Waals surface area (Å²) in [6, 6.07) is 0. The number of aliphatic hydroxyl groups excluding tert-OH is 3. The highest BCUT2D eigenvalue weighted by molar-refractivity contribution is 7.46. The number of carbonyl (C=O) groups excluding carboxylic acids is 2. The molecular weight excluding hydrogens is 723 g/mol. The molecule has 0 amide bonds. The van der Waals surface area contributed by atoms with Crippen molar-refractivity contribution in [2.45, 2.75) is 160 Å². The van der Waals surface area contributed by atoms with Crippen LogP contribution in [0, 0.1) is 11.8 Å². The van der Waals surface area contributed by atoms with E-state index in [1.165, 1.54) is 19.3 Å². The topological polar surface area (TPSA) is 180 Å². The number of hydrogen-bond donors (Lipinski definition) is 5. The second-order valence-corrected chi connectivity index (χ2v) is 15.5. The second kappa shape index (κ2) is 32.5. The molecule has 6 atom stereocenters. The van der Waals surface area contributed by atoms with Crippen molar-refractivity contribution in [3.8, 4) is 0 Å². The summed E-state index contributed by atoms with van der Waals surface area (Å²) in [6.07, 6.45) is 35.8. The molecule has 0 aromatic carbocycles. The molecule has 0 unspecified atom stereocenters. The van der Waals surface area contributed by atoms with Gasteiger partial charge < -0.3 is 34.6 Å². The lowest BCUT2D eigenvalue weighted by atomic mass is 9.89. The number of ether oxygens (including phenoxy) is 2. The number of phosphoric ester groups is 1. The summed E-state index contributed by atoms with van der Waals surface area (Å²) in [6.45, 7) is 3.29. The van der Waals surface area contributed by atoms with Crippen LogP contribution in [-0.2, 0) is 28.2 Å². The van der Waals surface area contributed by atoms with Gasteiger partial charge in [0.25, 0.3) is 0 Å². The monoisotopic (exact) mass is 794 g/mol. The molecule has 12 heteroatoms. The van der Waals surface area contributed by atoms with Crippen molar-refractivity contribution in [1.29, 1.82) is 0 Å². The number of esters is 2. The fourth-order valence-corrected chi connectivity index (χ4v) is 6.48. The standard InChI is InChI=1S/C43H71O11P/c1-3-5-7-8-9-10-11-12-13-14-15-16-17-18-19-20-25-29-42(47)52-34-37(35-53-55(49,50)51)54-43(48)30-26-22-21-24-28-38-39(41(46)33-40(38)45)32-31-36(44)27-23-6-4-2/h9-10,12-13,15-16,18-19,21,24,31-32,36-41,44-46H,3-8,11,14,17,20,22-23,25-30,33-35H2,1-2H3,(H2,49,50,51)/b10-9-,13-12-,16-15-,19-18-,24-21+,32-31+/t36-,37+,38+,39+,40-,41+/m0/s1. The van der Waals surface area contributed by atoms with E-state index in [0.29, 0.717) is 38.5 Å². The fraction of sp³-hybridized carbons (Fsp3) is 0.674. The predicted octanol–water partition coefficient (Wildman–Crippen LogP) is 8.67. The van der Waals surface area contributed by atoms with Gasteiger partial charge in [0.15, 0.2) is 6.10 Å². The Morgan fingerprint density at radius 1 is 0.709 bits per heavy atom. The highest BCUT2D eigenvalue weighted by Crippen LogP contribution is 2.37. The number of unbranched alkanes of at least 4 members (excludes halogenated alkanes) is 7. The average Bonchev–Trinajstić information content (AvgIpc) is 3.41. The number of hydrogen-bond acceptors (Lipinski definition) is 9. The van der Waals surface area contributed by atoms with Gasteiger partial charge in [-0.25, -0.2) is 4.57 Å². The van der Waals surface area contributed by atoms with E-state index in [4.69, 9.17) is 19.3 Å². The van der Waals surface area contributed by atoms with E-state index >= 15 is 0 Å². The molecule has 0 aromatic rings. The Bertz CT molecular complexity index is 1230. The first-order valence-electron chi connectivity index (χ1n) is 20.5. The SMILES string of the molecule is CCCCC/C=C\C/C=C\C/C=C\C/C=C\CCCC(=O)OC[C@H](COP(=O)(O)O)OC(=O)CCC/C=C/C[C@@H]1[C@@H](/C=C/[C@@H](O)CCCCC)[C@H](O)C[C@@H]1O. The molecule has 1 aliphatic carbocycles. The third-order valence-electron chi connectivity index (χ3n) is 9.27. The number of carbonyl (C=O) groups is 2. The maximum absolute atomic E-state index is 12.5. The minimum absolute atomic E-state index is 0.0197. The highest BCUT2D eigenvalue weighted by atomic mass is 31.2. The molecule has 1 rings (SSSR count). The van der Waals surface area contributed by atoms with Gasteiger partial charge in [-0.3, -0.25) is 14.1 Å². The first-order chi connectivity index (χ1) is 26.5. The van der Waals surface area contributed by atoms with Crippen LogP contribution in [0.25, 0.3) is 0 Å². The molecule has 0 bridgehead atoms. The number of aliphatic hydroxyl groups is 3. The van der Waals surface area contributed by atoms with Gasteiger partial charge in [0.1, 0.15) is 6.61 Å². The minimum Gasteiger partial charge on any atom is -0.462 e. The molecule has 11 nitrogen and oxygen atoms in total. The van der Waals surface area contributed by atoms with E-state index in [2.05, 4.69) is 54.8 Å². The van der Waals surface area contributed by atoms with Gasteiger partial charge in [0.05, 0.1) is 24.9 Å². The van der Waals surface area contributed by atoms with Crippen molar-refractivity contribution in [2.24, 2.45) is 11.8 Å². The second-order valence-electron chi connectivity index (χ2n) is 14.2. The van der Waals surface area contributed by atoms with Crippen LogP contribution in [0.3, 0.4) is 0 Å². The molecule has 55 heavy (non-hydrogen) atoms. The maximum Gasteiger partial charge on any atom is 0.469 e. The van der Waals surface area contributed by atoms with Gasteiger partial charge in [-0.05, 0) is 76.5 Å². The Balaban J connectivity index is 2.36. The van der Waals surface area contributed by atoms with E-state index in [0.717, 1.165) is 44.9 Å². The van der Waals surface area contributed by atoms with Crippen LogP contribution in [-0.4, -0.2) is 74.7 Å². The van der Waals surface area contributed by atoms with Gasteiger partial charge in [-0.2, -0.15) is 0 Å². The zero-order valence-corrected chi connectivity index (χ0v) is 34.3. The third kappa shape index (κ3) is 28.4. The lowest BCUT2D eigenvalue weighted by Gasteiger charge is -2.19. The van der Waals surface area contributed by atoms with Crippen LogP contribution >= 0.6 is 7.82 Å². The summed E-state index contributed by atoms with van der Waals surface area (Å²) >= 11 is 0. The van der Waals surface area contributed by atoms with E-state index in [1.807, 2.05) is 30.4 Å². The first-order valence-corrected chi connectivity index (χ1v) is 22.0. The molecule has 0 saturated heterocycles. The highest BCUT2D eigenvalue weighted by Gasteiger charge is 2.39. The smallest absolute Gasteiger partial charge is 0.462 e. The largest absolute Gasteiger partial charge is 0.469 e. The zero-order chi connectivity index (χ0) is 40.6. The summed E-state index contributed by atoms with van der Waals surface area (Å²) in [5.41, 5.74) is 0. The average molecular weight is 795 g/mol. The van der Waals surface area contributed by atoms with Crippen LogP contribution in [0.4, 0.5) is 0 Å². The third-order valence-corrected chi connectivity index (χ3v) is 9.75. The first kappa shape index (κ1) is 50.4. The molecule has 0 spiro atoms. The van der Waals surface area contributed by atoms with Gasteiger partial charge in [-0.15, -0.1) is 0 Å². The van der Waals surface area contributed by atoms with Crippen LogP contribution in [0.2, 0.25) is 0 Å². The molecule has 314 valence electrons. The number of allylic oxidation sites excluding steroid dienone is 10. The van der Waals surface area contributed by atoms with Gasteiger partial charge in [0, 0.05) is 25.2 Å². The van der Waals surface area contributed by atoms with Gasteiger partial charge in [-0.1, -0.05) is 119 Å². The summed E-state index contributed by atoms with van der Waals surface area (Å²) in [7, 11) is -4.84. The Kier molecular flexibility index (Phi) is 29.7. The van der Waals surface area contributed by atoms with E-state index < -0.39 is 57.4 Å². The summed E-state index contributed by atoms with van der Waals surface area (Å²) in [5.74, 6) is -1.59. The van der Waals surface area contributed by atoms with Crippen molar-refractivity contribution in [3.05, 3.63) is 72.9 Å². The quantitative estimate of drug-likeness (QED) is 0.0190. The summed E-state index contributed by atoms with van der Waals surface area (Å²) < 4.78 is 26.3. The van der Waals surface area contributed by atoms with Crippen LogP contribution in [0.1, 0.15) is 136 Å². The molecule has 1 aliphatic rings. The van der Waals surface area contributed by atoms with Crippen LogP contribution < -0.4 is 0 Å². The van der Waals surface area contributed by atoms with E-state index in [1.54, 1.807) is 6.08 Å². The lowest BCUT2D eigenvalue weighted by molar-refractivity contribution is -0.161. The Labute approximate surface area is 330 Å². The maximum atomic E-state index is 12.5. The Morgan fingerprint density at radius 3 is 1.85 bits per heavy atom. The normalized spacial score (nSPS) is 20.6. The molecule has 0 aromatic heterocycles. The number of phosphoric acid groups is 1. The van der Waals surface area contributed by atoms with E-state index in [9.17, 15) is 29.5 Å². The molecule has 0 heterocycles. The predicted molar refractivity (Wildman–Crippen MR) is 218 cm³/mol. The van der Waals surface area contributed by atoms with Crippen molar-refractivity contribution in [3.63, 3.8) is 0 Å². The number of rotatable bonds is 32. The van der Waals surface area contributed by atoms with Crippen LogP contribution in [0.5, 0.6) is 0 Å². The van der Waals surface area contributed by atoms with E-state index in [-0.39, 0.29) is 31.1 Å². The molecule has 0 aliphatic heterocycles. The van der Waals surface area contributed by atoms with Gasteiger partial charge in [0.2, 0.25) is 0 Å². The Morgan fingerprint density at radius 2 is 1.25 bits per heavy atom. The summed E-state index contributed by atoms with van der Waals surface area (Å²) in [4.78, 5) is 43.0. The lowest BCUT2D eigenvalue weighted by Crippen LogP contribution is -2.29. The van der Waals surface area contributed by atoms with Crippen LogP contribution in [0.15, 0.2) is 72.9 Å². The molecule has 5 N–H and O–H groups in total. The molecule has 1 fully saturated rings. The van der Waals surface area contributed by atoms with Crippen molar-refractivity contribution in [1.82, 2.24) is 0 Å². The molecular formula is C43H71O11P. The van der Waals surface area contributed by atoms with Crippen molar-refractivity contribution >= 4 is 19.8 Å². The molecule has 0 radical (unpaired) electrons. The van der Waals surface area contributed by atoms with Crippen molar-refractivity contribution in [2.75, 3.05) is 13.2 Å². The van der Waals surface area contributed by atoms with Gasteiger partial charge >= 0.3 is 19.8 Å². The summed E-state index contributed by atoms with van der Waals surface area (Å²) in [5, 5.41) is 31.2. The molecule has 1 saturated carbocycles. The fourth-order valence-electron chi connectivity index (χ4n) is 6.12. The zero-order valence-electron chi connectivity index (χ0n) is 33.4.